The lowest BCUT2D eigenvalue weighted by Gasteiger charge is -2.41. The fourth-order valence-electron chi connectivity index (χ4n) is 4.27. The highest BCUT2D eigenvalue weighted by atomic mass is 15.2. The van der Waals surface area contributed by atoms with E-state index in [0.29, 0.717) is 0 Å². The molecule has 0 radical (unpaired) electrons. The number of nitrogens with two attached hydrogens (primary N) is 1. The molecule has 4 unspecified atom stereocenters. The van der Waals surface area contributed by atoms with Crippen LogP contribution >= 0.6 is 0 Å². The van der Waals surface area contributed by atoms with Crippen LogP contribution in [0.15, 0.2) is 0 Å². The second kappa shape index (κ2) is 4.06. The van der Waals surface area contributed by atoms with Gasteiger partial charge >= 0.3 is 0 Å². The first-order chi connectivity index (χ1) is 7.38. The van der Waals surface area contributed by atoms with Crippen molar-refractivity contribution in [1.29, 1.82) is 0 Å². The van der Waals surface area contributed by atoms with E-state index in [9.17, 15) is 0 Å². The van der Waals surface area contributed by atoms with Crippen molar-refractivity contribution in [3.05, 3.63) is 0 Å². The van der Waals surface area contributed by atoms with Crippen molar-refractivity contribution < 1.29 is 0 Å². The summed E-state index contributed by atoms with van der Waals surface area (Å²) in [5.41, 5.74) is 5.93. The van der Waals surface area contributed by atoms with Crippen molar-refractivity contribution in [3.8, 4) is 0 Å². The first-order valence-electron chi connectivity index (χ1n) is 6.84. The number of nitrogens with zero attached hydrogens (tertiary/aromatic N) is 1. The van der Waals surface area contributed by atoms with Crippen molar-refractivity contribution in [3.63, 3.8) is 0 Å². The summed E-state index contributed by atoms with van der Waals surface area (Å²) in [7, 11) is 0. The summed E-state index contributed by atoms with van der Waals surface area (Å²) in [6.07, 6.45) is 10.1. The second-order valence-electron chi connectivity index (χ2n) is 5.88. The summed E-state index contributed by atoms with van der Waals surface area (Å²) in [6.45, 7) is 2.31. The summed E-state index contributed by atoms with van der Waals surface area (Å²) in [4.78, 5) is 2.84. The summed E-state index contributed by atoms with van der Waals surface area (Å²) in [5.74, 6) is 1.84. The molecule has 2 nitrogen and oxygen atoms in total. The van der Waals surface area contributed by atoms with Crippen LogP contribution in [0.4, 0.5) is 0 Å². The lowest BCUT2D eigenvalue weighted by molar-refractivity contribution is 0.0775. The Morgan fingerprint density at radius 1 is 1.07 bits per heavy atom. The van der Waals surface area contributed by atoms with Crippen molar-refractivity contribution in [2.24, 2.45) is 17.6 Å². The third-order valence-electron chi connectivity index (χ3n) is 5.05. The van der Waals surface area contributed by atoms with Gasteiger partial charge in [-0.2, -0.15) is 0 Å². The van der Waals surface area contributed by atoms with Gasteiger partial charge in [-0.15, -0.1) is 0 Å². The Morgan fingerprint density at radius 3 is 2.60 bits per heavy atom. The summed E-state index contributed by atoms with van der Waals surface area (Å²) in [5, 5.41) is 0. The highest BCUT2D eigenvalue weighted by Gasteiger charge is 2.43. The third kappa shape index (κ3) is 1.72. The van der Waals surface area contributed by atoms with Crippen LogP contribution in [0.3, 0.4) is 0 Å². The average Bonchev–Trinajstić information content (AvgIpc) is 2.90. The van der Waals surface area contributed by atoms with Gasteiger partial charge in [-0.1, -0.05) is 12.8 Å². The van der Waals surface area contributed by atoms with Gasteiger partial charge in [0.15, 0.2) is 0 Å². The van der Waals surface area contributed by atoms with E-state index >= 15 is 0 Å². The van der Waals surface area contributed by atoms with E-state index in [1.807, 2.05) is 0 Å². The number of piperidine rings is 1. The monoisotopic (exact) mass is 208 g/mol. The van der Waals surface area contributed by atoms with Crippen molar-refractivity contribution in [2.45, 2.75) is 57.0 Å². The topological polar surface area (TPSA) is 29.3 Å². The van der Waals surface area contributed by atoms with E-state index in [0.717, 1.165) is 30.5 Å². The van der Waals surface area contributed by atoms with Gasteiger partial charge in [-0.05, 0) is 50.5 Å². The first-order valence-corrected chi connectivity index (χ1v) is 6.84. The van der Waals surface area contributed by atoms with Crippen molar-refractivity contribution in [2.75, 3.05) is 13.1 Å². The average molecular weight is 208 g/mol. The summed E-state index contributed by atoms with van der Waals surface area (Å²) in [6, 6.07) is 1.78. The van der Waals surface area contributed by atoms with Crippen LogP contribution in [0.5, 0.6) is 0 Å². The Bertz CT molecular complexity index is 229. The molecule has 0 amide bonds. The fraction of sp³-hybridized carbons (Fsp3) is 1.00. The lowest BCUT2D eigenvalue weighted by atomic mass is 9.83. The van der Waals surface area contributed by atoms with Gasteiger partial charge in [0.1, 0.15) is 0 Å². The van der Waals surface area contributed by atoms with Crippen molar-refractivity contribution >= 4 is 0 Å². The number of fused-ring (bicyclic) bond motifs is 2. The molecule has 0 spiro atoms. The predicted octanol–water partition coefficient (Wildman–Crippen LogP) is 1.99. The van der Waals surface area contributed by atoms with Gasteiger partial charge in [-0.25, -0.2) is 0 Å². The third-order valence-corrected chi connectivity index (χ3v) is 5.05. The normalized spacial score (nSPS) is 46.2. The van der Waals surface area contributed by atoms with Gasteiger partial charge in [0.25, 0.3) is 0 Å². The molecule has 86 valence electrons. The van der Waals surface area contributed by atoms with E-state index < -0.39 is 0 Å². The molecule has 0 aromatic rings. The Balaban J connectivity index is 1.69. The van der Waals surface area contributed by atoms with Crippen molar-refractivity contribution in [1.82, 2.24) is 4.90 Å². The molecule has 15 heavy (non-hydrogen) atoms. The number of hydrogen-bond donors (Lipinski definition) is 1. The molecule has 0 aromatic carbocycles. The van der Waals surface area contributed by atoms with E-state index in [1.54, 1.807) is 0 Å². The zero-order valence-corrected chi connectivity index (χ0v) is 9.70. The van der Waals surface area contributed by atoms with Crippen LogP contribution in [-0.4, -0.2) is 30.1 Å². The standard InChI is InChI=1S/C13H24N2/c14-8-11-3-1-2-4-13(11)15-9-10-5-6-12(15)7-10/h10-13H,1-9,14H2. The van der Waals surface area contributed by atoms with Crippen LogP contribution in [0, 0.1) is 11.8 Å². The van der Waals surface area contributed by atoms with E-state index in [2.05, 4.69) is 4.90 Å². The van der Waals surface area contributed by atoms with Crippen LogP contribution in [0.1, 0.15) is 44.9 Å². The number of likely N-dealkylation sites (tertiary alicyclic amines) is 1. The van der Waals surface area contributed by atoms with E-state index in [1.165, 1.54) is 51.5 Å². The largest absolute Gasteiger partial charge is 0.330 e. The lowest BCUT2D eigenvalue weighted by Crippen LogP contribution is -2.48. The predicted molar refractivity (Wildman–Crippen MR) is 62.6 cm³/mol. The molecule has 3 fully saturated rings. The highest BCUT2D eigenvalue weighted by molar-refractivity contribution is 4.97. The number of rotatable bonds is 2. The molecular formula is C13H24N2. The van der Waals surface area contributed by atoms with E-state index in [-0.39, 0.29) is 0 Å². The Kier molecular flexibility index (Phi) is 2.73. The molecule has 1 heterocycles. The number of hydrogen-bond acceptors (Lipinski definition) is 2. The van der Waals surface area contributed by atoms with Gasteiger partial charge in [-0.3, -0.25) is 4.90 Å². The summed E-state index contributed by atoms with van der Waals surface area (Å²) < 4.78 is 0. The Morgan fingerprint density at radius 2 is 1.93 bits per heavy atom. The maximum absolute atomic E-state index is 5.93. The van der Waals surface area contributed by atoms with Gasteiger partial charge < -0.3 is 5.73 Å². The molecule has 2 bridgehead atoms. The van der Waals surface area contributed by atoms with Gasteiger partial charge in [0.2, 0.25) is 0 Å². The molecular weight excluding hydrogens is 184 g/mol. The smallest absolute Gasteiger partial charge is 0.0139 e. The SMILES string of the molecule is NCC1CCCCC1N1CC2CCC1C2. The van der Waals surface area contributed by atoms with Gasteiger partial charge in [0.05, 0.1) is 0 Å². The van der Waals surface area contributed by atoms with Crippen LogP contribution in [0.2, 0.25) is 0 Å². The zero-order valence-electron chi connectivity index (χ0n) is 9.70. The quantitative estimate of drug-likeness (QED) is 0.752. The first kappa shape index (κ1) is 10.1. The zero-order chi connectivity index (χ0) is 10.3. The maximum Gasteiger partial charge on any atom is 0.0139 e. The highest BCUT2D eigenvalue weighted by Crippen LogP contribution is 2.42. The molecule has 2 heteroatoms. The van der Waals surface area contributed by atoms with Crippen LogP contribution < -0.4 is 5.73 Å². The molecule has 0 aromatic heterocycles. The van der Waals surface area contributed by atoms with Gasteiger partial charge in [0, 0.05) is 18.6 Å². The molecule has 1 aliphatic heterocycles. The molecule has 2 aliphatic carbocycles. The van der Waals surface area contributed by atoms with E-state index in [4.69, 9.17) is 5.73 Å². The Hall–Kier alpha value is -0.0800. The minimum atomic E-state index is 0.804. The molecule has 2 N–H and O–H groups in total. The maximum atomic E-state index is 5.93. The molecule has 1 saturated heterocycles. The minimum Gasteiger partial charge on any atom is -0.330 e. The van der Waals surface area contributed by atoms with Crippen LogP contribution in [-0.2, 0) is 0 Å². The van der Waals surface area contributed by atoms with Crippen LogP contribution in [0.25, 0.3) is 0 Å². The molecule has 4 atom stereocenters. The second-order valence-corrected chi connectivity index (χ2v) is 5.88. The minimum absolute atomic E-state index is 0.804. The Labute approximate surface area is 93.2 Å². The summed E-state index contributed by atoms with van der Waals surface area (Å²) >= 11 is 0. The molecule has 2 saturated carbocycles. The molecule has 3 rings (SSSR count). The molecule has 3 aliphatic rings. The fourth-order valence-corrected chi connectivity index (χ4v) is 4.27.